The summed E-state index contributed by atoms with van der Waals surface area (Å²) in [6.45, 7) is 4.02. The first kappa shape index (κ1) is 11.7. The van der Waals surface area contributed by atoms with Gasteiger partial charge in [-0.15, -0.1) is 0 Å². The highest BCUT2D eigenvalue weighted by atomic mass is 16.5. The number of pyridine rings is 1. The Hall–Kier alpha value is -1.42. The molecule has 0 saturated carbocycles. The molecule has 0 aliphatic rings. The monoisotopic (exact) mass is 208 g/mol. The van der Waals surface area contributed by atoms with E-state index in [-0.39, 0.29) is 5.97 Å². The van der Waals surface area contributed by atoms with Crippen molar-refractivity contribution < 1.29 is 9.53 Å². The van der Waals surface area contributed by atoms with Crippen LogP contribution in [0.2, 0.25) is 0 Å². The van der Waals surface area contributed by atoms with Crippen LogP contribution in [0, 0.1) is 6.92 Å². The quantitative estimate of drug-likeness (QED) is 0.744. The van der Waals surface area contributed by atoms with Gasteiger partial charge in [-0.05, 0) is 26.0 Å². The number of esters is 1. The number of hydrogen-bond donors (Lipinski definition) is 1. The van der Waals surface area contributed by atoms with Gasteiger partial charge in [-0.2, -0.15) is 0 Å². The fourth-order valence-corrected chi connectivity index (χ4v) is 1.27. The molecule has 82 valence electrons. The summed E-state index contributed by atoms with van der Waals surface area (Å²) in [6.07, 6.45) is 0.417. The van der Waals surface area contributed by atoms with E-state index in [9.17, 15) is 4.79 Å². The number of ether oxygens (including phenoxy) is 1. The molecule has 1 rings (SSSR count). The molecule has 0 radical (unpaired) electrons. The zero-order chi connectivity index (χ0) is 11.3. The van der Waals surface area contributed by atoms with E-state index in [1.54, 1.807) is 6.92 Å². The number of hydrogen-bond acceptors (Lipinski definition) is 4. The van der Waals surface area contributed by atoms with Crippen LogP contribution in [-0.2, 0) is 16.0 Å². The summed E-state index contributed by atoms with van der Waals surface area (Å²) in [6, 6.07) is 5.03. The lowest BCUT2D eigenvalue weighted by Gasteiger charge is -2.09. The van der Waals surface area contributed by atoms with Crippen LogP contribution in [0.25, 0.3) is 0 Å². The lowest BCUT2D eigenvalue weighted by Crippen LogP contribution is -2.34. The molecule has 1 aromatic heterocycles. The van der Waals surface area contributed by atoms with Gasteiger partial charge >= 0.3 is 5.97 Å². The second-order valence-electron chi connectivity index (χ2n) is 3.33. The Balaban J connectivity index is 2.58. The highest BCUT2D eigenvalue weighted by molar-refractivity contribution is 5.75. The zero-order valence-electron chi connectivity index (χ0n) is 9.06. The summed E-state index contributed by atoms with van der Waals surface area (Å²) in [7, 11) is 0. The molecule has 0 aliphatic carbocycles. The number of nitrogens with two attached hydrogens (primary N) is 1. The van der Waals surface area contributed by atoms with E-state index in [0.29, 0.717) is 13.0 Å². The van der Waals surface area contributed by atoms with Crippen molar-refractivity contribution in [1.29, 1.82) is 0 Å². The van der Waals surface area contributed by atoms with Crippen LogP contribution in [0.5, 0.6) is 0 Å². The molecule has 2 N–H and O–H groups in total. The van der Waals surface area contributed by atoms with Crippen LogP contribution in [0.3, 0.4) is 0 Å². The molecule has 15 heavy (non-hydrogen) atoms. The Morgan fingerprint density at radius 3 is 2.93 bits per heavy atom. The first-order chi connectivity index (χ1) is 7.13. The molecule has 0 spiro atoms. The summed E-state index contributed by atoms with van der Waals surface area (Å²) in [5.74, 6) is -0.374. The maximum Gasteiger partial charge on any atom is 0.323 e. The van der Waals surface area contributed by atoms with E-state index in [2.05, 4.69) is 4.98 Å². The van der Waals surface area contributed by atoms with E-state index in [1.807, 2.05) is 25.1 Å². The second-order valence-corrected chi connectivity index (χ2v) is 3.33. The Labute approximate surface area is 89.5 Å². The predicted molar refractivity (Wildman–Crippen MR) is 57.3 cm³/mol. The van der Waals surface area contributed by atoms with Crippen LogP contribution in [0.4, 0.5) is 0 Å². The highest BCUT2D eigenvalue weighted by Gasteiger charge is 2.15. The highest BCUT2D eigenvalue weighted by Crippen LogP contribution is 2.02. The van der Waals surface area contributed by atoms with Crippen LogP contribution >= 0.6 is 0 Å². The standard InChI is InChI=1S/C11H16N2O2/c1-3-15-11(14)10(12)7-9-6-4-5-8(2)13-9/h4-6,10H,3,7,12H2,1-2H3. The zero-order valence-corrected chi connectivity index (χ0v) is 9.06. The molecule has 1 aromatic rings. The van der Waals surface area contributed by atoms with Crippen LogP contribution in [-0.4, -0.2) is 23.6 Å². The van der Waals surface area contributed by atoms with Gasteiger partial charge in [0, 0.05) is 17.8 Å². The van der Waals surface area contributed by atoms with Gasteiger partial charge in [0.05, 0.1) is 6.61 Å². The fourth-order valence-electron chi connectivity index (χ4n) is 1.27. The van der Waals surface area contributed by atoms with Gasteiger partial charge in [0.2, 0.25) is 0 Å². The number of aromatic nitrogens is 1. The third-order valence-corrected chi connectivity index (χ3v) is 1.96. The molecular formula is C11H16N2O2. The van der Waals surface area contributed by atoms with Crippen molar-refractivity contribution in [1.82, 2.24) is 4.98 Å². The van der Waals surface area contributed by atoms with Gasteiger partial charge in [-0.1, -0.05) is 6.07 Å². The maximum atomic E-state index is 11.3. The maximum absolute atomic E-state index is 11.3. The van der Waals surface area contributed by atoms with Gasteiger partial charge in [0.15, 0.2) is 0 Å². The molecule has 0 aromatic carbocycles. The minimum Gasteiger partial charge on any atom is -0.465 e. The Kier molecular flexibility index (Phi) is 4.24. The number of aryl methyl sites for hydroxylation is 1. The molecule has 0 aliphatic heterocycles. The lowest BCUT2D eigenvalue weighted by atomic mass is 10.1. The molecular weight excluding hydrogens is 192 g/mol. The number of rotatable bonds is 4. The molecule has 1 heterocycles. The molecule has 0 bridgehead atoms. The van der Waals surface area contributed by atoms with Crippen molar-refractivity contribution in [3.8, 4) is 0 Å². The van der Waals surface area contributed by atoms with Gasteiger partial charge in [0.25, 0.3) is 0 Å². The van der Waals surface area contributed by atoms with Gasteiger partial charge in [-0.25, -0.2) is 0 Å². The minimum atomic E-state index is -0.626. The largest absolute Gasteiger partial charge is 0.465 e. The number of carbonyl (C=O) groups is 1. The van der Waals surface area contributed by atoms with Crippen LogP contribution in [0.1, 0.15) is 18.3 Å². The Morgan fingerprint density at radius 2 is 2.33 bits per heavy atom. The lowest BCUT2D eigenvalue weighted by molar-refractivity contribution is -0.144. The molecule has 1 unspecified atom stereocenters. The van der Waals surface area contributed by atoms with Gasteiger partial charge < -0.3 is 10.5 Å². The molecule has 1 atom stereocenters. The fraction of sp³-hybridized carbons (Fsp3) is 0.455. The first-order valence-electron chi connectivity index (χ1n) is 4.98. The topological polar surface area (TPSA) is 65.2 Å². The average Bonchev–Trinajstić information content (AvgIpc) is 2.18. The third kappa shape index (κ3) is 3.67. The summed E-state index contributed by atoms with van der Waals surface area (Å²) in [4.78, 5) is 15.5. The van der Waals surface area contributed by atoms with Crippen molar-refractivity contribution >= 4 is 5.97 Å². The number of nitrogens with zero attached hydrogens (tertiary/aromatic N) is 1. The van der Waals surface area contributed by atoms with E-state index < -0.39 is 6.04 Å². The normalized spacial score (nSPS) is 12.2. The van der Waals surface area contributed by atoms with Crippen molar-refractivity contribution in [2.24, 2.45) is 5.73 Å². The smallest absolute Gasteiger partial charge is 0.323 e. The molecule has 4 nitrogen and oxygen atoms in total. The molecule has 0 fully saturated rings. The second kappa shape index (κ2) is 5.46. The van der Waals surface area contributed by atoms with Crippen LogP contribution in [0.15, 0.2) is 18.2 Å². The SMILES string of the molecule is CCOC(=O)C(N)Cc1cccc(C)n1. The van der Waals surface area contributed by atoms with Crippen molar-refractivity contribution in [2.45, 2.75) is 26.3 Å². The Morgan fingerprint density at radius 1 is 1.60 bits per heavy atom. The summed E-state index contributed by atoms with van der Waals surface area (Å²) in [5.41, 5.74) is 7.41. The summed E-state index contributed by atoms with van der Waals surface area (Å²) < 4.78 is 4.81. The third-order valence-electron chi connectivity index (χ3n) is 1.96. The van der Waals surface area contributed by atoms with Crippen LogP contribution < -0.4 is 5.73 Å². The molecule has 4 heteroatoms. The van der Waals surface area contributed by atoms with Gasteiger partial charge in [-0.3, -0.25) is 9.78 Å². The minimum absolute atomic E-state index is 0.355. The van der Waals surface area contributed by atoms with Gasteiger partial charge in [0.1, 0.15) is 6.04 Å². The van der Waals surface area contributed by atoms with Crippen molar-refractivity contribution in [3.05, 3.63) is 29.6 Å². The first-order valence-corrected chi connectivity index (χ1v) is 4.98. The van der Waals surface area contributed by atoms with E-state index in [0.717, 1.165) is 11.4 Å². The van der Waals surface area contributed by atoms with Crippen molar-refractivity contribution in [3.63, 3.8) is 0 Å². The number of carbonyl (C=O) groups excluding carboxylic acids is 1. The average molecular weight is 208 g/mol. The van der Waals surface area contributed by atoms with E-state index >= 15 is 0 Å². The molecule has 0 saturated heterocycles. The Bertz CT molecular complexity index is 339. The van der Waals surface area contributed by atoms with E-state index in [1.165, 1.54) is 0 Å². The van der Waals surface area contributed by atoms with E-state index in [4.69, 9.17) is 10.5 Å². The van der Waals surface area contributed by atoms with Crippen molar-refractivity contribution in [2.75, 3.05) is 6.61 Å². The summed E-state index contributed by atoms with van der Waals surface area (Å²) in [5, 5.41) is 0. The molecule has 0 amide bonds. The summed E-state index contributed by atoms with van der Waals surface area (Å²) >= 11 is 0. The predicted octanol–water partition coefficient (Wildman–Crippen LogP) is 0.823.